The first kappa shape index (κ1) is 21.3. The Hall–Kier alpha value is -3.46. The topological polar surface area (TPSA) is 76.3 Å². The number of ether oxygens (including phenoxy) is 2. The van der Waals surface area contributed by atoms with E-state index in [1.165, 1.54) is 0 Å². The highest BCUT2D eigenvalue weighted by Gasteiger charge is 2.19. The normalized spacial score (nSPS) is 10.6. The average molecular weight is 405 g/mol. The number of nitrogens with one attached hydrogen (secondary N) is 1. The number of hydrogen-bond donors (Lipinski definition) is 1. The van der Waals surface area contributed by atoms with Crippen molar-refractivity contribution in [1.29, 1.82) is 5.26 Å². The van der Waals surface area contributed by atoms with E-state index in [4.69, 9.17) is 9.47 Å². The number of benzene rings is 2. The number of carbonyl (C=O) groups excluding carboxylic acids is 1. The molecule has 0 atom stereocenters. The van der Waals surface area contributed by atoms with E-state index >= 15 is 0 Å². The van der Waals surface area contributed by atoms with Gasteiger partial charge in [0.15, 0.2) is 0 Å². The minimum absolute atomic E-state index is 0.385. The average Bonchev–Trinajstić information content (AvgIpc) is 3.06. The number of amides is 1. The fraction of sp³-hybridized carbons (Fsp3) is 0.333. The first-order chi connectivity index (χ1) is 14.6. The predicted octanol–water partition coefficient (Wildman–Crippen LogP) is 5.95. The van der Waals surface area contributed by atoms with Crippen LogP contribution in [-0.2, 0) is 11.3 Å². The van der Waals surface area contributed by atoms with Crippen molar-refractivity contribution in [2.24, 2.45) is 0 Å². The van der Waals surface area contributed by atoms with Crippen LogP contribution in [0.4, 0.5) is 10.5 Å². The molecule has 1 amide bonds. The van der Waals surface area contributed by atoms with Crippen LogP contribution in [0, 0.1) is 11.3 Å². The van der Waals surface area contributed by atoms with E-state index in [2.05, 4.69) is 22.9 Å². The lowest BCUT2D eigenvalue weighted by atomic mass is 10.1. The van der Waals surface area contributed by atoms with Crippen molar-refractivity contribution in [3.63, 3.8) is 0 Å². The first-order valence-electron chi connectivity index (χ1n) is 10.4. The molecule has 2 aromatic carbocycles. The molecule has 0 aliphatic carbocycles. The van der Waals surface area contributed by atoms with Crippen LogP contribution in [0.25, 0.3) is 22.2 Å². The number of anilines is 1. The Bertz CT molecular complexity index is 1060. The molecule has 1 heterocycles. The zero-order valence-electron chi connectivity index (χ0n) is 17.7. The van der Waals surface area contributed by atoms with Gasteiger partial charge in [-0.3, -0.25) is 5.32 Å². The Labute approximate surface area is 177 Å². The second-order valence-electron chi connectivity index (χ2n) is 6.94. The van der Waals surface area contributed by atoms with Gasteiger partial charge in [-0.25, -0.2) is 4.79 Å². The number of fused-ring (bicyclic) bond motifs is 1. The molecule has 0 aliphatic heterocycles. The van der Waals surface area contributed by atoms with E-state index in [1.807, 2.05) is 56.3 Å². The summed E-state index contributed by atoms with van der Waals surface area (Å²) in [6.45, 7) is 7.77. The third kappa shape index (κ3) is 4.41. The summed E-state index contributed by atoms with van der Waals surface area (Å²) in [5.41, 5.74) is 4.07. The maximum absolute atomic E-state index is 11.8. The molecule has 0 fully saturated rings. The molecule has 0 unspecified atom stereocenters. The largest absolute Gasteiger partial charge is 0.494 e. The molecule has 0 saturated carbocycles. The lowest BCUT2D eigenvalue weighted by Gasteiger charge is -2.12. The van der Waals surface area contributed by atoms with Crippen LogP contribution < -0.4 is 10.1 Å². The van der Waals surface area contributed by atoms with Crippen molar-refractivity contribution in [1.82, 2.24) is 4.57 Å². The van der Waals surface area contributed by atoms with Gasteiger partial charge in [0.05, 0.1) is 30.0 Å². The lowest BCUT2D eigenvalue weighted by Crippen LogP contribution is -2.13. The van der Waals surface area contributed by atoms with E-state index in [1.54, 1.807) is 0 Å². The number of rotatable bonds is 8. The summed E-state index contributed by atoms with van der Waals surface area (Å²) in [6.07, 6.45) is 1.24. The molecule has 0 radical (unpaired) electrons. The first-order valence-corrected chi connectivity index (χ1v) is 10.4. The number of hydrogen-bond acceptors (Lipinski definition) is 4. The summed E-state index contributed by atoms with van der Waals surface area (Å²) >= 11 is 0. The minimum Gasteiger partial charge on any atom is -0.494 e. The van der Waals surface area contributed by atoms with Crippen molar-refractivity contribution >= 4 is 22.7 Å². The number of nitrogens with zero attached hydrogens (tertiary/aromatic N) is 2. The lowest BCUT2D eigenvalue weighted by molar-refractivity contribution is 0.161. The van der Waals surface area contributed by atoms with Crippen LogP contribution in [-0.4, -0.2) is 23.9 Å². The van der Waals surface area contributed by atoms with E-state index in [9.17, 15) is 10.1 Å². The quantitative estimate of drug-likeness (QED) is 0.503. The van der Waals surface area contributed by atoms with Gasteiger partial charge in [0, 0.05) is 23.7 Å². The molecule has 0 spiro atoms. The maximum atomic E-state index is 11.8. The SMILES string of the molecule is CCCOC(=O)Nc1ccc(-c2c(C#N)c3ccc(OCC)cc3n2CCC)cc1. The highest BCUT2D eigenvalue weighted by Crippen LogP contribution is 2.36. The van der Waals surface area contributed by atoms with Gasteiger partial charge in [-0.1, -0.05) is 26.0 Å². The maximum Gasteiger partial charge on any atom is 0.411 e. The molecular weight excluding hydrogens is 378 g/mol. The third-order valence-electron chi connectivity index (χ3n) is 4.75. The van der Waals surface area contributed by atoms with Gasteiger partial charge in [-0.2, -0.15) is 5.26 Å². The number of nitriles is 1. The Morgan fingerprint density at radius 2 is 1.87 bits per heavy atom. The van der Waals surface area contributed by atoms with Crippen LogP contribution >= 0.6 is 0 Å². The molecule has 6 heteroatoms. The van der Waals surface area contributed by atoms with E-state index in [0.717, 1.165) is 47.3 Å². The Morgan fingerprint density at radius 3 is 2.50 bits per heavy atom. The molecule has 0 saturated heterocycles. The summed E-state index contributed by atoms with van der Waals surface area (Å²) in [4.78, 5) is 11.8. The molecule has 6 nitrogen and oxygen atoms in total. The minimum atomic E-state index is -0.467. The van der Waals surface area contributed by atoms with Gasteiger partial charge >= 0.3 is 6.09 Å². The van der Waals surface area contributed by atoms with Gasteiger partial charge in [0.25, 0.3) is 0 Å². The number of aromatic nitrogens is 1. The fourth-order valence-electron chi connectivity index (χ4n) is 3.51. The van der Waals surface area contributed by atoms with Gasteiger partial charge < -0.3 is 14.0 Å². The van der Waals surface area contributed by atoms with Crippen LogP contribution in [0.5, 0.6) is 5.75 Å². The van der Waals surface area contributed by atoms with E-state index < -0.39 is 6.09 Å². The molecule has 30 heavy (non-hydrogen) atoms. The van der Waals surface area contributed by atoms with Crippen molar-refractivity contribution in [3.8, 4) is 23.1 Å². The Morgan fingerprint density at radius 1 is 1.10 bits per heavy atom. The van der Waals surface area contributed by atoms with Crippen molar-refractivity contribution in [2.75, 3.05) is 18.5 Å². The molecule has 0 bridgehead atoms. The van der Waals surface area contributed by atoms with Crippen LogP contribution in [0.2, 0.25) is 0 Å². The molecule has 0 aliphatic rings. The third-order valence-corrected chi connectivity index (χ3v) is 4.75. The second-order valence-corrected chi connectivity index (χ2v) is 6.94. The summed E-state index contributed by atoms with van der Waals surface area (Å²) in [7, 11) is 0. The zero-order chi connectivity index (χ0) is 21.5. The van der Waals surface area contributed by atoms with Crippen LogP contribution in [0.3, 0.4) is 0 Å². The van der Waals surface area contributed by atoms with E-state index in [0.29, 0.717) is 24.5 Å². The standard InChI is InChI=1S/C24H27N3O3/c1-4-13-27-22-15-19(29-6-3)11-12-20(22)21(16-25)23(27)17-7-9-18(10-8-17)26-24(28)30-14-5-2/h7-12,15H,4-6,13-14H2,1-3H3,(H,26,28). The van der Waals surface area contributed by atoms with E-state index in [-0.39, 0.29) is 0 Å². The highest BCUT2D eigenvalue weighted by atomic mass is 16.5. The van der Waals surface area contributed by atoms with Gasteiger partial charge in [0.1, 0.15) is 11.8 Å². The second kappa shape index (κ2) is 9.84. The monoisotopic (exact) mass is 405 g/mol. The smallest absolute Gasteiger partial charge is 0.411 e. The molecule has 1 N–H and O–H groups in total. The van der Waals surface area contributed by atoms with Gasteiger partial charge in [0.2, 0.25) is 0 Å². The molecular formula is C24H27N3O3. The van der Waals surface area contributed by atoms with Crippen LogP contribution in [0.1, 0.15) is 39.2 Å². The summed E-state index contributed by atoms with van der Waals surface area (Å²) in [6, 6.07) is 15.7. The predicted molar refractivity (Wildman–Crippen MR) is 119 cm³/mol. The highest BCUT2D eigenvalue weighted by molar-refractivity contribution is 5.95. The van der Waals surface area contributed by atoms with Gasteiger partial charge in [-0.05, 0) is 49.6 Å². The Kier molecular flexibility index (Phi) is 6.97. The number of aryl methyl sites for hydroxylation is 1. The summed E-state index contributed by atoms with van der Waals surface area (Å²) in [5.74, 6) is 0.793. The van der Waals surface area contributed by atoms with Crippen molar-refractivity contribution in [2.45, 2.75) is 40.2 Å². The van der Waals surface area contributed by atoms with Crippen molar-refractivity contribution < 1.29 is 14.3 Å². The Balaban J connectivity index is 2.03. The van der Waals surface area contributed by atoms with Gasteiger partial charge in [-0.15, -0.1) is 0 Å². The van der Waals surface area contributed by atoms with Crippen molar-refractivity contribution in [3.05, 3.63) is 48.0 Å². The van der Waals surface area contributed by atoms with Crippen LogP contribution in [0.15, 0.2) is 42.5 Å². The molecule has 156 valence electrons. The number of carbonyl (C=O) groups is 1. The fourth-order valence-corrected chi connectivity index (χ4v) is 3.51. The molecule has 3 rings (SSSR count). The molecule has 1 aromatic heterocycles. The summed E-state index contributed by atoms with van der Waals surface area (Å²) < 4.78 is 12.9. The summed E-state index contributed by atoms with van der Waals surface area (Å²) in [5, 5.41) is 13.6. The molecule has 3 aromatic rings. The zero-order valence-corrected chi connectivity index (χ0v) is 17.7.